The second-order valence-corrected chi connectivity index (χ2v) is 8.00. The molecular weight excluding hydrogens is 499 g/mol. The summed E-state index contributed by atoms with van der Waals surface area (Å²) in [5.74, 6) is -0.566. The summed E-state index contributed by atoms with van der Waals surface area (Å²) in [7, 11) is 2.68. The molecule has 1 aliphatic heterocycles. The fourth-order valence-corrected chi connectivity index (χ4v) is 3.78. The molecule has 0 aromatic heterocycles. The number of hydrogen-bond acceptors (Lipinski definition) is 7. The minimum Gasteiger partial charge on any atom is -0.493 e. The van der Waals surface area contributed by atoms with Crippen molar-refractivity contribution >= 4 is 47.3 Å². The number of allylic oxidation sites excluding steroid dienone is 1. The Balaban J connectivity index is 1.70. The zero-order valence-corrected chi connectivity index (χ0v) is 20.5. The van der Waals surface area contributed by atoms with Crippen molar-refractivity contribution in [2.45, 2.75) is 13.0 Å². The Labute approximate surface area is 211 Å². The van der Waals surface area contributed by atoms with E-state index in [4.69, 9.17) is 37.4 Å². The minimum absolute atomic E-state index is 0.249. The third-order valence-electron chi connectivity index (χ3n) is 4.94. The number of amides is 3. The number of nitrogens with zero attached hydrogens (tertiary/aromatic N) is 1. The second kappa shape index (κ2) is 11.6. The molecule has 3 N–H and O–H groups in total. The first-order valence-corrected chi connectivity index (χ1v) is 10.9. The van der Waals surface area contributed by atoms with Gasteiger partial charge in [0.2, 0.25) is 0 Å². The molecule has 0 bridgehead atoms. The van der Waals surface area contributed by atoms with Crippen LogP contribution < -0.4 is 25.5 Å². The first kappa shape index (κ1) is 25.9. The maximum Gasteiger partial charge on any atom is 0.337 e. The summed E-state index contributed by atoms with van der Waals surface area (Å²) in [4.78, 5) is 36.4. The molecule has 0 spiro atoms. The third kappa shape index (κ3) is 6.23. The number of hydrazone groups is 1. The number of urea groups is 1. The molecule has 2 aromatic carbocycles. The molecule has 2 aromatic rings. The normalized spacial score (nSPS) is 15.3. The van der Waals surface area contributed by atoms with Gasteiger partial charge >= 0.3 is 12.0 Å². The van der Waals surface area contributed by atoms with Crippen molar-refractivity contribution in [2.75, 3.05) is 20.8 Å². The van der Waals surface area contributed by atoms with E-state index in [9.17, 15) is 14.4 Å². The molecule has 184 valence electrons. The van der Waals surface area contributed by atoms with Gasteiger partial charge in [-0.1, -0.05) is 35.3 Å². The number of hydrogen-bond donors (Lipinski definition) is 3. The SMILES string of the molecule is COC(=O)C1=C(C)NC(=O)NC1c1ccc(OCC(=O)NN=Cc2c(Cl)cccc2Cl)c(OC)c1. The van der Waals surface area contributed by atoms with Gasteiger partial charge in [0.15, 0.2) is 18.1 Å². The molecule has 3 rings (SSSR count). The van der Waals surface area contributed by atoms with Crippen LogP contribution in [0.4, 0.5) is 4.79 Å². The predicted octanol–water partition coefficient (Wildman–Crippen LogP) is 3.33. The molecule has 10 nitrogen and oxygen atoms in total. The van der Waals surface area contributed by atoms with Crippen LogP contribution in [0.3, 0.4) is 0 Å². The molecular formula is C23H22Cl2N4O6. The van der Waals surface area contributed by atoms with Gasteiger partial charge in [-0.2, -0.15) is 5.10 Å². The molecule has 0 saturated carbocycles. The Kier molecular flexibility index (Phi) is 8.56. The molecule has 1 unspecified atom stereocenters. The van der Waals surface area contributed by atoms with Crippen LogP contribution in [0, 0.1) is 0 Å². The molecule has 1 heterocycles. The van der Waals surface area contributed by atoms with E-state index in [1.807, 2.05) is 0 Å². The zero-order valence-electron chi connectivity index (χ0n) is 19.0. The van der Waals surface area contributed by atoms with Gasteiger partial charge in [-0.15, -0.1) is 0 Å². The average Bonchev–Trinajstić information content (AvgIpc) is 2.83. The lowest BCUT2D eigenvalue weighted by Gasteiger charge is -2.28. The fourth-order valence-electron chi connectivity index (χ4n) is 3.29. The minimum atomic E-state index is -0.770. The van der Waals surface area contributed by atoms with E-state index in [1.54, 1.807) is 43.3 Å². The maximum absolute atomic E-state index is 12.3. The number of ether oxygens (including phenoxy) is 3. The standard InChI is InChI=1S/C23H22Cl2N4O6/c1-12-20(22(31)34-3)21(28-23(32)27-12)13-7-8-17(18(9-13)33-2)35-11-19(30)29-26-10-14-15(24)5-4-6-16(14)25/h4-10,21H,11H2,1-3H3,(H,29,30)(H2,27,28,32). The molecule has 1 atom stereocenters. The van der Waals surface area contributed by atoms with Crippen LogP contribution >= 0.6 is 23.2 Å². The van der Waals surface area contributed by atoms with Gasteiger partial charge in [0.25, 0.3) is 5.91 Å². The first-order valence-electron chi connectivity index (χ1n) is 10.2. The molecule has 1 aliphatic rings. The Hall–Kier alpha value is -3.76. The summed E-state index contributed by atoms with van der Waals surface area (Å²) < 4.78 is 15.8. The van der Waals surface area contributed by atoms with E-state index in [0.29, 0.717) is 26.9 Å². The number of rotatable bonds is 8. The van der Waals surface area contributed by atoms with E-state index in [2.05, 4.69) is 21.2 Å². The number of methoxy groups -OCH3 is 2. The zero-order chi connectivity index (χ0) is 25.5. The largest absolute Gasteiger partial charge is 0.493 e. The number of carbonyl (C=O) groups is 3. The highest BCUT2D eigenvalue weighted by Gasteiger charge is 2.32. The fraction of sp³-hybridized carbons (Fsp3) is 0.217. The van der Waals surface area contributed by atoms with E-state index in [-0.39, 0.29) is 23.7 Å². The summed E-state index contributed by atoms with van der Waals surface area (Å²) in [6.07, 6.45) is 1.33. The van der Waals surface area contributed by atoms with Gasteiger partial charge < -0.3 is 24.8 Å². The summed E-state index contributed by atoms with van der Waals surface area (Å²) in [6.45, 7) is 1.24. The summed E-state index contributed by atoms with van der Waals surface area (Å²) in [5, 5.41) is 9.86. The van der Waals surface area contributed by atoms with Gasteiger partial charge in [-0.3, -0.25) is 4.79 Å². The molecule has 3 amide bonds. The summed E-state index contributed by atoms with van der Waals surface area (Å²) in [6, 6.07) is 8.55. The van der Waals surface area contributed by atoms with Crippen molar-refractivity contribution < 1.29 is 28.6 Å². The third-order valence-corrected chi connectivity index (χ3v) is 5.60. The predicted molar refractivity (Wildman–Crippen MR) is 130 cm³/mol. The number of halogens is 2. The van der Waals surface area contributed by atoms with Crippen LogP contribution in [0.25, 0.3) is 0 Å². The highest BCUT2D eigenvalue weighted by atomic mass is 35.5. The van der Waals surface area contributed by atoms with Crippen molar-refractivity contribution in [1.29, 1.82) is 0 Å². The van der Waals surface area contributed by atoms with E-state index < -0.39 is 23.9 Å². The van der Waals surface area contributed by atoms with Crippen LogP contribution in [0.15, 0.2) is 52.8 Å². The van der Waals surface area contributed by atoms with Gasteiger partial charge in [0.05, 0.1) is 42.1 Å². The van der Waals surface area contributed by atoms with E-state index in [1.165, 1.54) is 20.4 Å². The number of nitrogens with one attached hydrogen (secondary N) is 3. The molecule has 0 saturated heterocycles. The van der Waals surface area contributed by atoms with Gasteiger partial charge in [0, 0.05) is 11.3 Å². The first-order chi connectivity index (χ1) is 16.7. The van der Waals surface area contributed by atoms with Crippen molar-refractivity contribution in [2.24, 2.45) is 5.10 Å². The Morgan fingerprint density at radius 3 is 2.51 bits per heavy atom. The maximum atomic E-state index is 12.3. The summed E-state index contributed by atoms with van der Waals surface area (Å²) >= 11 is 12.1. The van der Waals surface area contributed by atoms with Crippen LogP contribution in [-0.2, 0) is 14.3 Å². The Morgan fingerprint density at radius 1 is 1.14 bits per heavy atom. The van der Waals surface area contributed by atoms with Gasteiger partial charge in [0.1, 0.15) is 0 Å². The number of esters is 1. The van der Waals surface area contributed by atoms with Crippen LogP contribution in [0.2, 0.25) is 10.0 Å². The number of carbonyl (C=O) groups excluding carboxylic acids is 3. The molecule has 0 aliphatic carbocycles. The lowest BCUT2D eigenvalue weighted by atomic mass is 9.95. The Morgan fingerprint density at radius 2 is 1.86 bits per heavy atom. The van der Waals surface area contributed by atoms with E-state index in [0.717, 1.165) is 0 Å². The van der Waals surface area contributed by atoms with Crippen molar-refractivity contribution in [3.8, 4) is 11.5 Å². The lowest BCUT2D eigenvalue weighted by molar-refractivity contribution is -0.136. The average molecular weight is 521 g/mol. The Bertz CT molecular complexity index is 1190. The monoisotopic (exact) mass is 520 g/mol. The smallest absolute Gasteiger partial charge is 0.337 e. The molecule has 12 heteroatoms. The van der Waals surface area contributed by atoms with Crippen LogP contribution in [0.5, 0.6) is 11.5 Å². The van der Waals surface area contributed by atoms with E-state index >= 15 is 0 Å². The van der Waals surface area contributed by atoms with Crippen molar-refractivity contribution in [3.05, 3.63) is 68.8 Å². The van der Waals surface area contributed by atoms with Gasteiger partial charge in [-0.25, -0.2) is 15.0 Å². The lowest BCUT2D eigenvalue weighted by Crippen LogP contribution is -2.45. The highest BCUT2D eigenvalue weighted by Crippen LogP contribution is 2.34. The van der Waals surface area contributed by atoms with Crippen LogP contribution in [0.1, 0.15) is 24.1 Å². The topological polar surface area (TPSA) is 127 Å². The van der Waals surface area contributed by atoms with Crippen molar-refractivity contribution in [1.82, 2.24) is 16.1 Å². The van der Waals surface area contributed by atoms with Gasteiger partial charge in [-0.05, 0) is 36.8 Å². The molecule has 35 heavy (non-hydrogen) atoms. The second-order valence-electron chi connectivity index (χ2n) is 7.19. The number of benzene rings is 2. The highest BCUT2D eigenvalue weighted by molar-refractivity contribution is 6.38. The quantitative estimate of drug-likeness (QED) is 0.278. The molecule has 0 radical (unpaired) electrons. The summed E-state index contributed by atoms with van der Waals surface area (Å²) in [5.41, 5.74) is 3.97. The van der Waals surface area contributed by atoms with Crippen molar-refractivity contribution in [3.63, 3.8) is 0 Å². The van der Waals surface area contributed by atoms with Crippen LogP contribution in [-0.4, -0.2) is 44.9 Å². The molecule has 0 fully saturated rings.